The zero-order valence-corrected chi connectivity index (χ0v) is 18.8. The highest BCUT2D eigenvalue weighted by atomic mass is 16.6. The predicted octanol–water partition coefficient (Wildman–Crippen LogP) is 4.16. The average Bonchev–Trinajstić information content (AvgIpc) is 2.83. The lowest BCUT2D eigenvalue weighted by atomic mass is 9.98. The Bertz CT molecular complexity index is 907. The van der Waals surface area contributed by atoms with Crippen LogP contribution in [0.5, 0.6) is 0 Å². The summed E-state index contributed by atoms with van der Waals surface area (Å²) in [5.41, 5.74) is 11.0. The van der Waals surface area contributed by atoms with Gasteiger partial charge in [-0.05, 0) is 30.5 Å². The molecule has 0 unspecified atom stereocenters. The third-order valence-electron chi connectivity index (χ3n) is 5.18. The molecule has 1 aliphatic rings. The standard InChI is InChI=1S/C24H29N3O6/c1-3-29-20(28)16-32-23-22(31-15-19-12-8-5-9-13-19)21(17(2)33-24(23)26-27-25)30-14-18-10-6-4-7-11-18/h4-13,17,21-24H,3,14-16H2,1-2H3/t17-,21-,22+,23-,24-/m1/s1. The third-order valence-corrected chi connectivity index (χ3v) is 5.18. The predicted molar refractivity (Wildman–Crippen MR) is 120 cm³/mol. The fraction of sp³-hybridized carbons (Fsp3) is 0.458. The maximum Gasteiger partial charge on any atom is 0.332 e. The van der Waals surface area contributed by atoms with Gasteiger partial charge in [-0.15, -0.1) is 0 Å². The minimum Gasteiger partial charge on any atom is -0.464 e. The molecule has 9 heteroatoms. The van der Waals surface area contributed by atoms with Gasteiger partial charge in [0, 0.05) is 4.91 Å². The van der Waals surface area contributed by atoms with Gasteiger partial charge in [-0.1, -0.05) is 65.8 Å². The van der Waals surface area contributed by atoms with Gasteiger partial charge in [0.1, 0.15) is 24.9 Å². The molecule has 0 aliphatic carbocycles. The first kappa shape index (κ1) is 24.7. The number of rotatable bonds is 11. The number of carbonyl (C=O) groups is 1. The molecule has 0 N–H and O–H groups in total. The molecular weight excluding hydrogens is 426 g/mol. The Morgan fingerprint density at radius 1 is 0.939 bits per heavy atom. The molecule has 5 atom stereocenters. The highest BCUT2D eigenvalue weighted by Crippen LogP contribution is 2.30. The van der Waals surface area contributed by atoms with Gasteiger partial charge in [-0.2, -0.15) is 0 Å². The van der Waals surface area contributed by atoms with E-state index in [9.17, 15) is 4.79 Å². The molecule has 1 fully saturated rings. The van der Waals surface area contributed by atoms with Crippen molar-refractivity contribution in [1.29, 1.82) is 0 Å². The lowest BCUT2D eigenvalue weighted by molar-refractivity contribution is -0.257. The quantitative estimate of drug-likeness (QED) is 0.218. The number of hydrogen-bond donors (Lipinski definition) is 0. The summed E-state index contributed by atoms with van der Waals surface area (Å²) < 4.78 is 29.2. The van der Waals surface area contributed by atoms with E-state index in [1.807, 2.05) is 67.6 Å². The molecule has 1 saturated heterocycles. The van der Waals surface area contributed by atoms with Crippen LogP contribution < -0.4 is 0 Å². The van der Waals surface area contributed by atoms with Gasteiger partial charge in [0.05, 0.1) is 25.9 Å². The molecule has 0 radical (unpaired) electrons. The van der Waals surface area contributed by atoms with Gasteiger partial charge in [-0.3, -0.25) is 0 Å². The summed E-state index contributed by atoms with van der Waals surface area (Å²) in [6.45, 7) is 4.06. The van der Waals surface area contributed by atoms with Crippen molar-refractivity contribution in [2.75, 3.05) is 13.2 Å². The largest absolute Gasteiger partial charge is 0.464 e. The maximum absolute atomic E-state index is 11.9. The van der Waals surface area contributed by atoms with Crippen molar-refractivity contribution < 1.29 is 28.5 Å². The van der Waals surface area contributed by atoms with Gasteiger partial charge < -0.3 is 23.7 Å². The fourth-order valence-electron chi connectivity index (χ4n) is 3.63. The number of carbonyl (C=O) groups excluding carboxylic acids is 1. The number of ether oxygens (including phenoxy) is 5. The average molecular weight is 456 g/mol. The summed E-state index contributed by atoms with van der Waals surface area (Å²) in [7, 11) is 0. The van der Waals surface area contributed by atoms with Crippen molar-refractivity contribution in [2.45, 2.75) is 57.7 Å². The number of azide groups is 1. The van der Waals surface area contributed by atoms with Crippen LogP contribution in [0.3, 0.4) is 0 Å². The Balaban J connectivity index is 1.82. The topological polar surface area (TPSA) is 112 Å². The Morgan fingerprint density at radius 2 is 1.52 bits per heavy atom. The van der Waals surface area contributed by atoms with Crippen LogP contribution >= 0.6 is 0 Å². The summed E-state index contributed by atoms with van der Waals surface area (Å²) >= 11 is 0. The molecule has 33 heavy (non-hydrogen) atoms. The Kier molecular flexibility index (Phi) is 9.68. The van der Waals surface area contributed by atoms with Crippen LogP contribution in [0.1, 0.15) is 25.0 Å². The molecule has 2 aromatic rings. The minimum absolute atomic E-state index is 0.233. The summed E-state index contributed by atoms with van der Waals surface area (Å²) in [4.78, 5) is 14.8. The second-order valence-corrected chi connectivity index (χ2v) is 7.54. The molecule has 0 spiro atoms. The second-order valence-electron chi connectivity index (χ2n) is 7.54. The van der Waals surface area contributed by atoms with Crippen LogP contribution in [-0.4, -0.2) is 49.8 Å². The molecule has 1 aliphatic heterocycles. The van der Waals surface area contributed by atoms with E-state index in [0.717, 1.165) is 11.1 Å². The highest BCUT2D eigenvalue weighted by molar-refractivity contribution is 5.70. The fourth-order valence-corrected chi connectivity index (χ4v) is 3.63. The number of nitrogens with zero attached hydrogens (tertiary/aromatic N) is 3. The van der Waals surface area contributed by atoms with Gasteiger partial charge in [0.15, 0.2) is 6.23 Å². The van der Waals surface area contributed by atoms with E-state index in [2.05, 4.69) is 10.0 Å². The lowest BCUT2D eigenvalue weighted by Crippen LogP contribution is -2.59. The first-order valence-corrected chi connectivity index (χ1v) is 10.9. The molecule has 0 aromatic heterocycles. The zero-order chi connectivity index (χ0) is 23.5. The van der Waals surface area contributed by atoms with E-state index in [0.29, 0.717) is 6.61 Å². The van der Waals surface area contributed by atoms with Crippen LogP contribution in [0.2, 0.25) is 0 Å². The molecule has 3 rings (SSSR count). The van der Waals surface area contributed by atoms with Crippen LogP contribution in [0, 0.1) is 0 Å². The summed E-state index contributed by atoms with van der Waals surface area (Å²) in [5, 5.41) is 3.74. The Morgan fingerprint density at radius 3 is 2.06 bits per heavy atom. The van der Waals surface area contributed by atoms with E-state index < -0.39 is 36.6 Å². The summed E-state index contributed by atoms with van der Waals surface area (Å²) in [6.07, 6.45) is -3.51. The smallest absolute Gasteiger partial charge is 0.332 e. The van der Waals surface area contributed by atoms with Crippen molar-refractivity contribution >= 4 is 5.97 Å². The van der Waals surface area contributed by atoms with E-state index in [4.69, 9.17) is 29.2 Å². The molecule has 176 valence electrons. The van der Waals surface area contributed by atoms with Gasteiger partial charge >= 0.3 is 5.97 Å². The van der Waals surface area contributed by atoms with Crippen LogP contribution in [0.4, 0.5) is 0 Å². The molecule has 2 aromatic carbocycles. The summed E-state index contributed by atoms with van der Waals surface area (Å²) in [6, 6.07) is 19.4. The van der Waals surface area contributed by atoms with Gasteiger partial charge in [0.25, 0.3) is 0 Å². The van der Waals surface area contributed by atoms with Crippen molar-refractivity contribution in [3.63, 3.8) is 0 Å². The van der Waals surface area contributed by atoms with E-state index in [1.165, 1.54) is 0 Å². The first-order chi connectivity index (χ1) is 16.1. The molecule has 0 saturated carbocycles. The van der Waals surface area contributed by atoms with Gasteiger partial charge in [-0.25, -0.2) is 4.79 Å². The van der Waals surface area contributed by atoms with Crippen molar-refractivity contribution in [2.24, 2.45) is 5.11 Å². The zero-order valence-electron chi connectivity index (χ0n) is 18.8. The Hall–Kier alpha value is -2.94. The Labute approximate surface area is 193 Å². The van der Waals surface area contributed by atoms with E-state index >= 15 is 0 Å². The molecular formula is C24H29N3O6. The third kappa shape index (κ3) is 7.28. The molecule has 9 nitrogen and oxygen atoms in total. The van der Waals surface area contributed by atoms with Crippen molar-refractivity contribution in [3.8, 4) is 0 Å². The number of hydrogen-bond acceptors (Lipinski definition) is 7. The number of benzene rings is 2. The highest BCUT2D eigenvalue weighted by Gasteiger charge is 2.46. The van der Waals surface area contributed by atoms with Crippen LogP contribution in [-0.2, 0) is 41.7 Å². The number of esters is 1. The lowest BCUT2D eigenvalue weighted by Gasteiger charge is -2.43. The van der Waals surface area contributed by atoms with Crippen LogP contribution in [0.25, 0.3) is 10.4 Å². The minimum atomic E-state index is -0.989. The van der Waals surface area contributed by atoms with E-state index in [1.54, 1.807) is 6.92 Å². The second kappa shape index (κ2) is 12.9. The molecule has 1 heterocycles. The normalized spacial score (nSPS) is 24.6. The van der Waals surface area contributed by atoms with Crippen molar-refractivity contribution in [3.05, 3.63) is 82.2 Å². The first-order valence-electron chi connectivity index (χ1n) is 10.9. The molecule has 0 bridgehead atoms. The maximum atomic E-state index is 11.9. The van der Waals surface area contributed by atoms with Crippen molar-refractivity contribution in [1.82, 2.24) is 0 Å². The van der Waals surface area contributed by atoms with Gasteiger partial charge in [0.2, 0.25) is 0 Å². The monoisotopic (exact) mass is 455 g/mol. The van der Waals surface area contributed by atoms with E-state index in [-0.39, 0.29) is 19.8 Å². The summed E-state index contributed by atoms with van der Waals surface area (Å²) in [5.74, 6) is -0.528. The SMILES string of the molecule is CCOC(=O)CO[C@@H]1[C@@H](OCc2ccccc2)[C@H](OCc2ccccc2)[C@@H](C)O[C@H]1N=[N+]=[N-]. The van der Waals surface area contributed by atoms with Crippen LogP contribution in [0.15, 0.2) is 65.8 Å². The molecule has 0 amide bonds.